The lowest BCUT2D eigenvalue weighted by Gasteiger charge is -2.27. The minimum Gasteiger partial charge on any atom is -0.330 e. The first-order valence-electron chi connectivity index (χ1n) is 6.92. The SMILES string of the molecule is CNC(c1ccc2c(c1)CCCS2)C1(CN)CC1. The van der Waals surface area contributed by atoms with Crippen LogP contribution in [0, 0.1) is 5.41 Å². The molecule has 18 heavy (non-hydrogen) atoms. The van der Waals surface area contributed by atoms with Gasteiger partial charge in [-0.2, -0.15) is 0 Å². The number of benzene rings is 1. The van der Waals surface area contributed by atoms with E-state index in [0.717, 1.165) is 6.54 Å². The molecular weight excluding hydrogens is 240 g/mol. The molecule has 0 spiro atoms. The normalized spacial score (nSPS) is 22.3. The standard InChI is InChI=1S/C15H22N2S/c1-17-14(15(10-16)6-7-15)12-4-5-13-11(9-12)3-2-8-18-13/h4-5,9,14,17H,2-3,6-8,10,16H2,1H3. The summed E-state index contributed by atoms with van der Waals surface area (Å²) in [7, 11) is 2.06. The van der Waals surface area contributed by atoms with Crippen molar-refractivity contribution in [2.45, 2.75) is 36.6 Å². The third-order valence-corrected chi connectivity index (χ3v) is 5.67. The molecule has 3 N–H and O–H groups in total. The Labute approximate surface area is 114 Å². The molecule has 0 radical (unpaired) electrons. The van der Waals surface area contributed by atoms with Gasteiger partial charge in [-0.05, 0) is 62.2 Å². The fraction of sp³-hybridized carbons (Fsp3) is 0.600. The summed E-state index contributed by atoms with van der Waals surface area (Å²) in [5, 5.41) is 3.49. The second-order valence-corrected chi connectivity index (χ2v) is 6.74. The highest BCUT2D eigenvalue weighted by molar-refractivity contribution is 7.99. The van der Waals surface area contributed by atoms with E-state index in [1.165, 1.54) is 47.5 Å². The summed E-state index contributed by atoms with van der Waals surface area (Å²) in [6.45, 7) is 0.796. The molecule has 1 aliphatic heterocycles. The quantitative estimate of drug-likeness (QED) is 0.876. The lowest BCUT2D eigenvalue weighted by Crippen LogP contribution is -2.32. The summed E-state index contributed by atoms with van der Waals surface area (Å²) in [5.74, 6) is 1.27. The van der Waals surface area contributed by atoms with Gasteiger partial charge in [0.25, 0.3) is 0 Å². The maximum absolute atomic E-state index is 5.98. The molecule has 0 amide bonds. The molecule has 98 valence electrons. The molecule has 0 aromatic heterocycles. The predicted molar refractivity (Wildman–Crippen MR) is 78.0 cm³/mol. The lowest BCUT2D eigenvalue weighted by atomic mass is 9.89. The third-order valence-electron chi connectivity index (χ3n) is 4.47. The number of aryl methyl sites for hydroxylation is 1. The average molecular weight is 262 g/mol. The molecule has 2 aliphatic rings. The van der Waals surface area contributed by atoms with Gasteiger partial charge in [-0.15, -0.1) is 11.8 Å². The summed E-state index contributed by atoms with van der Waals surface area (Å²) in [4.78, 5) is 1.48. The second-order valence-electron chi connectivity index (χ2n) is 5.61. The van der Waals surface area contributed by atoms with E-state index in [0.29, 0.717) is 11.5 Å². The zero-order valence-electron chi connectivity index (χ0n) is 11.0. The molecule has 1 aliphatic carbocycles. The van der Waals surface area contributed by atoms with Crippen molar-refractivity contribution in [3.63, 3.8) is 0 Å². The highest BCUT2D eigenvalue weighted by Crippen LogP contribution is 2.54. The van der Waals surface area contributed by atoms with Crippen molar-refractivity contribution in [3.05, 3.63) is 29.3 Å². The van der Waals surface area contributed by atoms with E-state index in [4.69, 9.17) is 5.73 Å². The van der Waals surface area contributed by atoms with Crippen LogP contribution in [0.15, 0.2) is 23.1 Å². The van der Waals surface area contributed by atoms with E-state index < -0.39 is 0 Å². The van der Waals surface area contributed by atoms with E-state index >= 15 is 0 Å². The van der Waals surface area contributed by atoms with E-state index in [2.05, 4.69) is 30.6 Å². The van der Waals surface area contributed by atoms with Gasteiger partial charge < -0.3 is 11.1 Å². The number of hydrogen-bond donors (Lipinski definition) is 2. The Kier molecular flexibility index (Phi) is 3.39. The Morgan fingerprint density at radius 1 is 1.44 bits per heavy atom. The fourth-order valence-electron chi connectivity index (χ4n) is 3.16. The van der Waals surface area contributed by atoms with Crippen LogP contribution in [-0.4, -0.2) is 19.3 Å². The van der Waals surface area contributed by atoms with Crippen LogP contribution in [0.1, 0.15) is 36.4 Å². The maximum Gasteiger partial charge on any atom is 0.0387 e. The molecule has 1 aromatic carbocycles. The summed E-state index contributed by atoms with van der Waals surface area (Å²) in [5.41, 5.74) is 9.27. The van der Waals surface area contributed by atoms with Crippen molar-refractivity contribution in [1.82, 2.24) is 5.32 Å². The van der Waals surface area contributed by atoms with Gasteiger partial charge in [0.05, 0.1) is 0 Å². The molecule has 1 aromatic rings. The van der Waals surface area contributed by atoms with Crippen molar-refractivity contribution < 1.29 is 0 Å². The van der Waals surface area contributed by atoms with Gasteiger partial charge in [0.15, 0.2) is 0 Å². The summed E-state index contributed by atoms with van der Waals surface area (Å²) in [6.07, 6.45) is 5.08. The van der Waals surface area contributed by atoms with Crippen molar-refractivity contribution in [2.24, 2.45) is 11.1 Å². The van der Waals surface area contributed by atoms with E-state index in [1.54, 1.807) is 0 Å². The highest BCUT2D eigenvalue weighted by atomic mass is 32.2. The first kappa shape index (κ1) is 12.5. The van der Waals surface area contributed by atoms with E-state index in [-0.39, 0.29) is 0 Å². The molecule has 1 fully saturated rings. The molecule has 0 saturated heterocycles. The van der Waals surface area contributed by atoms with E-state index in [9.17, 15) is 0 Å². The summed E-state index contributed by atoms with van der Waals surface area (Å²) >= 11 is 2.00. The first-order valence-corrected chi connectivity index (χ1v) is 7.90. The first-order chi connectivity index (χ1) is 8.79. The van der Waals surface area contributed by atoms with Crippen LogP contribution < -0.4 is 11.1 Å². The molecule has 1 atom stereocenters. The van der Waals surface area contributed by atoms with Gasteiger partial charge in [0.1, 0.15) is 0 Å². The van der Waals surface area contributed by atoms with E-state index in [1.807, 2.05) is 11.8 Å². The number of rotatable bonds is 4. The maximum atomic E-state index is 5.98. The monoisotopic (exact) mass is 262 g/mol. The van der Waals surface area contributed by atoms with Gasteiger partial charge in [0.2, 0.25) is 0 Å². The molecule has 1 unspecified atom stereocenters. The van der Waals surface area contributed by atoms with Gasteiger partial charge in [-0.1, -0.05) is 12.1 Å². The topological polar surface area (TPSA) is 38.0 Å². The number of nitrogens with one attached hydrogen (secondary N) is 1. The lowest BCUT2D eigenvalue weighted by molar-refractivity contribution is 0.366. The van der Waals surface area contributed by atoms with Crippen molar-refractivity contribution in [2.75, 3.05) is 19.3 Å². The Bertz CT molecular complexity index is 440. The number of hydrogen-bond acceptors (Lipinski definition) is 3. The van der Waals surface area contributed by atoms with Crippen LogP contribution in [0.4, 0.5) is 0 Å². The molecule has 2 nitrogen and oxygen atoms in total. The van der Waals surface area contributed by atoms with Gasteiger partial charge in [0, 0.05) is 16.4 Å². The Morgan fingerprint density at radius 2 is 2.28 bits per heavy atom. The van der Waals surface area contributed by atoms with Crippen LogP contribution in [-0.2, 0) is 6.42 Å². The minimum atomic E-state index is 0.324. The third kappa shape index (κ3) is 2.09. The largest absolute Gasteiger partial charge is 0.330 e. The molecule has 3 heteroatoms. The van der Waals surface area contributed by atoms with Crippen molar-refractivity contribution in [1.29, 1.82) is 0 Å². The Morgan fingerprint density at radius 3 is 2.94 bits per heavy atom. The zero-order valence-corrected chi connectivity index (χ0v) is 11.9. The van der Waals surface area contributed by atoms with Crippen LogP contribution in [0.5, 0.6) is 0 Å². The number of fused-ring (bicyclic) bond motifs is 1. The fourth-order valence-corrected chi connectivity index (χ4v) is 4.18. The van der Waals surface area contributed by atoms with Gasteiger partial charge in [-0.25, -0.2) is 0 Å². The summed E-state index contributed by atoms with van der Waals surface area (Å²) < 4.78 is 0. The second kappa shape index (κ2) is 4.87. The Balaban J connectivity index is 1.91. The van der Waals surface area contributed by atoms with Crippen LogP contribution in [0.3, 0.4) is 0 Å². The number of thioether (sulfide) groups is 1. The van der Waals surface area contributed by atoms with Crippen LogP contribution in [0.2, 0.25) is 0 Å². The van der Waals surface area contributed by atoms with Crippen LogP contribution >= 0.6 is 11.8 Å². The minimum absolute atomic E-state index is 0.324. The Hall–Kier alpha value is -0.510. The molecule has 1 saturated carbocycles. The van der Waals surface area contributed by atoms with Gasteiger partial charge in [-0.3, -0.25) is 0 Å². The molecule has 0 bridgehead atoms. The van der Waals surface area contributed by atoms with Crippen molar-refractivity contribution in [3.8, 4) is 0 Å². The highest BCUT2D eigenvalue weighted by Gasteiger charge is 2.48. The molecule has 3 rings (SSSR count). The smallest absolute Gasteiger partial charge is 0.0387 e. The molecular formula is C15H22N2S. The predicted octanol–water partition coefficient (Wildman–Crippen LogP) is 2.72. The molecule has 1 heterocycles. The summed E-state index contributed by atoms with van der Waals surface area (Å²) in [6, 6.07) is 7.46. The average Bonchev–Trinajstić information content (AvgIpc) is 3.20. The number of nitrogens with two attached hydrogens (primary N) is 1. The van der Waals surface area contributed by atoms with Gasteiger partial charge >= 0.3 is 0 Å². The van der Waals surface area contributed by atoms with Crippen molar-refractivity contribution >= 4 is 11.8 Å². The van der Waals surface area contributed by atoms with Crippen LogP contribution in [0.25, 0.3) is 0 Å². The zero-order chi connectivity index (χ0) is 12.6.